The first kappa shape index (κ1) is 15.6. The number of hydrogen-bond acceptors (Lipinski definition) is 3. The Morgan fingerprint density at radius 1 is 1.35 bits per heavy atom. The van der Waals surface area contributed by atoms with Gasteiger partial charge in [0.1, 0.15) is 0 Å². The largest absolute Gasteiger partial charge is 0.383 e. The van der Waals surface area contributed by atoms with Crippen LogP contribution < -0.4 is 10.2 Å². The van der Waals surface area contributed by atoms with E-state index in [1.807, 2.05) is 6.07 Å². The summed E-state index contributed by atoms with van der Waals surface area (Å²) in [5.41, 5.74) is 2.56. The minimum absolute atomic E-state index is 0.675. The smallest absolute Gasteiger partial charge is 0.0587 e. The van der Waals surface area contributed by atoms with Crippen molar-refractivity contribution < 1.29 is 4.74 Å². The minimum Gasteiger partial charge on any atom is -0.383 e. The maximum Gasteiger partial charge on any atom is 0.0587 e. The molecular formula is C16H25ClN2O. The summed E-state index contributed by atoms with van der Waals surface area (Å²) in [6.07, 6.45) is 5.30. The first-order valence-electron chi connectivity index (χ1n) is 7.43. The molecule has 3 nitrogen and oxygen atoms in total. The van der Waals surface area contributed by atoms with Crippen molar-refractivity contribution in [3.8, 4) is 0 Å². The van der Waals surface area contributed by atoms with Gasteiger partial charge >= 0.3 is 0 Å². The summed E-state index contributed by atoms with van der Waals surface area (Å²) in [6, 6.07) is 6.88. The molecule has 0 radical (unpaired) electrons. The van der Waals surface area contributed by atoms with Crippen molar-refractivity contribution in [3.05, 3.63) is 28.8 Å². The summed E-state index contributed by atoms with van der Waals surface area (Å²) in [5.74, 6) is 0. The molecule has 0 aliphatic heterocycles. The fourth-order valence-electron chi connectivity index (χ4n) is 2.93. The predicted octanol–water partition coefficient (Wildman–Crippen LogP) is 3.45. The molecule has 4 heteroatoms. The van der Waals surface area contributed by atoms with E-state index in [2.05, 4.69) is 29.4 Å². The highest BCUT2D eigenvalue weighted by Gasteiger charge is 2.21. The molecule has 1 aromatic rings. The second-order valence-electron chi connectivity index (χ2n) is 5.49. The highest BCUT2D eigenvalue weighted by molar-refractivity contribution is 6.30. The molecular weight excluding hydrogens is 272 g/mol. The van der Waals surface area contributed by atoms with Crippen LogP contribution in [0.1, 0.15) is 31.2 Å². The number of halogens is 1. The highest BCUT2D eigenvalue weighted by Crippen LogP contribution is 2.30. The van der Waals surface area contributed by atoms with Crippen LogP contribution in [0.3, 0.4) is 0 Å². The lowest BCUT2D eigenvalue weighted by Gasteiger charge is -2.29. The van der Waals surface area contributed by atoms with Crippen LogP contribution in [-0.4, -0.2) is 33.4 Å². The van der Waals surface area contributed by atoms with Crippen molar-refractivity contribution in [1.82, 2.24) is 5.32 Å². The molecule has 1 N–H and O–H groups in total. The molecule has 1 aliphatic carbocycles. The molecule has 0 atom stereocenters. The molecule has 2 rings (SSSR count). The van der Waals surface area contributed by atoms with Crippen molar-refractivity contribution in [3.63, 3.8) is 0 Å². The minimum atomic E-state index is 0.675. The molecule has 1 aromatic carbocycles. The molecule has 0 aromatic heterocycles. The van der Waals surface area contributed by atoms with E-state index < -0.39 is 0 Å². The average molecular weight is 297 g/mol. The number of ether oxygens (including phenoxy) is 1. The van der Waals surface area contributed by atoms with Gasteiger partial charge in [0.2, 0.25) is 0 Å². The third-order valence-electron chi connectivity index (χ3n) is 4.09. The molecule has 1 aliphatic rings. The van der Waals surface area contributed by atoms with Crippen molar-refractivity contribution in [2.45, 2.75) is 38.3 Å². The third kappa shape index (κ3) is 4.11. The van der Waals surface area contributed by atoms with E-state index in [1.54, 1.807) is 7.11 Å². The number of hydrogen-bond donors (Lipinski definition) is 1. The Hall–Kier alpha value is -0.770. The summed E-state index contributed by atoms with van der Waals surface area (Å²) in [5, 5.41) is 4.21. The zero-order chi connectivity index (χ0) is 14.4. The fourth-order valence-corrected chi connectivity index (χ4v) is 3.12. The molecule has 0 saturated heterocycles. The van der Waals surface area contributed by atoms with Gasteiger partial charge in [-0.3, -0.25) is 0 Å². The Bertz CT molecular complexity index is 419. The number of benzene rings is 1. The molecule has 20 heavy (non-hydrogen) atoms. The summed E-state index contributed by atoms with van der Waals surface area (Å²) in [7, 11) is 3.93. The number of rotatable bonds is 7. The van der Waals surface area contributed by atoms with E-state index in [1.165, 1.54) is 36.9 Å². The second kappa shape index (κ2) is 7.87. The number of nitrogens with zero attached hydrogens (tertiary/aromatic N) is 1. The van der Waals surface area contributed by atoms with Crippen molar-refractivity contribution >= 4 is 17.3 Å². The summed E-state index contributed by atoms with van der Waals surface area (Å²) < 4.78 is 5.06. The van der Waals surface area contributed by atoms with Gasteiger partial charge in [-0.15, -0.1) is 0 Å². The zero-order valence-electron chi connectivity index (χ0n) is 12.5. The molecule has 0 heterocycles. The van der Waals surface area contributed by atoms with Gasteiger partial charge < -0.3 is 15.0 Å². The van der Waals surface area contributed by atoms with Crippen LogP contribution in [0.4, 0.5) is 5.69 Å². The van der Waals surface area contributed by atoms with Crippen LogP contribution in [0.2, 0.25) is 5.02 Å². The van der Waals surface area contributed by atoms with Crippen molar-refractivity contribution in [2.75, 3.05) is 32.2 Å². The second-order valence-corrected chi connectivity index (χ2v) is 5.93. The van der Waals surface area contributed by atoms with Gasteiger partial charge in [0.05, 0.1) is 6.61 Å². The topological polar surface area (TPSA) is 24.5 Å². The average Bonchev–Trinajstić information content (AvgIpc) is 2.97. The Balaban J connectivity index is 2.06. The van der Waals surface area contributed by atoms with Gasteiger partial charge in [0.15, 0.2) is 0 Å². The van der Waals surface area contributed by atoms with Gasteiger partial charge in [-0.05, 0) is 36.6 Å². The highest BCUT2D eigenvalue weighted by atomic mass is 35.5. The SMILES string of the molecule is COCCNCc1cc(Cl)ccc1N(C)C1CCCC1. The standard InChI is InChI=1S/C16H25ClN2O/c1-19(15-5-3-4-6-15)16-8-7-14(17)11-13(16)12-18-9-10-20-2/h7-8,11,15,18H,3-6,9-10,12H2,1-2H3. The molecule has 0 amide bonds. The lowest BCUT2D eigenvalue weighted by molar-refractivity contribution is 0.199. The van der Waals surface area contributed by atoms with Crippen LogP contribution in [0.15, 0.2) is 18.2 Å². The molecule has 1 saturated carbocycles. The van der Waals surface area contributed by atoms with Crippen LogP contribution in [-0.2, 0) is 11.3 Å². The monoisotopic (exact) mass is 296 g/mol. The Kier molecular flexibility index (Phi) is 6.14. The molecule has 1 fully saturated rings. The molecule has 0 spiro atoms. The molecule has 0 unspecified atom stereocenters. The van der Waals surface area contributed by atoms with E-state index in [4.69, 9.17) is 16.3 Å². The van der Waals surface area contributed by atoms with Crippen LogP contribution in [0.25, 0.3) is 0 Å². The molecule has 112 valence electrons. The predicted molar refractivity (Wildman–Crippen MR) is 85.7 cm³/mol. The van der Waals surface area contributed by atoms with Gasteiger partial charge in [-0.1, -0.05) is 24.4 Å². The lowest BCUT2D eigenvalue weighted by Crippen LogP contribution is -2.30. The maximum absolute atomic E-state index is 6.15. The van der Waals surface area contributed by atoms with Gasteiger partial charge in [-0.25, -0.2) is 0 Å². The van der Waals surface area contributed by atoms with E-state index in [-0.39, 0.29) is 0 Å². The number of nitrogens with one attached hydrogen (secondary N) is 1. The first-order chi connectivity index (χ1) is 9.72. The summed E-state index contributed by atoms with van der Waals surface area (Å²) in [4.78, 5) is 2.43. The van der Waals surface area contributed by atoms with Gasteiger partial charge in [0.25, 0.3) is 0 Å². The van der Waals surface area contributed by atoms with Crippen LogP contribution in [0, 0.1) is 0 Å². The van der Waals surface area contributed by atoms with E-state index in [9.17, 15) is 0 Å². The van der Waals surface area contributed by atoms with E-state index in [0.29, 0.717) is 6.04 Å². The zero-order valence-corrected chi connectivity index (χ0v) is 13.2. The van der Waals surface area contributed by atoms with Crippen LogP contribution in [0.5, 0.6) is 0 Å². The maximum atomic E-state index is 6.15. The van der Waals surface area contributed by atoms with Gasteiger partial charge in [0, 0.05) is 44.0 Å². The number of methoxy groups -OCH3 is 1. The van der Waals surface area contributed by atoms with Crippen molar-refractivity contribution in [2.24, 2.45) is 0 Å². The van der Waals surface area contributed by atoms with E-state index in [0.717, 1.165) is 24.7 Å². The Labute approximate surface area is 127 Å². The normalized spacial score (nSPS) is 15.8. The van der Waals surface area contributed by atoms with E-state index >= 15 is 0 Å². The fraction of sp³-hybridized carbons (Fsp3) is 0.625. The third-order valence-corrected chi connectivity index (χ3v) is 4.33. The lowest BCUT2D eigenvalue weighted by atomic mass is 10.1. The quantitative estimate of drug-likeness (QED) is 0.780. The first-order valence-corrected chi connectivity index (χ1v) is 7.81. The van der Waals surface area contributed by atoms with Gasteiger partial charge in [-0.2, -0.15) is 0 Å². The number of anilines is 1. The Morgan fingerprint density at radius 2 is 2.10 bits per heavy atom. The summed E-state index contributed by atoms with van der Waals surface area (Å²) in [6.45, 7) is 2.42. The van der Waals surface area contributed by atoms with Crippen LogP contribution >= 0.6 is 11.6 Å². The Morgan fingerprint density at radius 3 is 2.80 bits per heavy atom. The van der Waals surface area contributed by atoms with Crippen molar-refractivity contribution in [1.29, 1.82) is 0 Å². The summed E-state index contributed by atoms with van der Waals surface area (Å²) >= 11 is 6.15. The molecule has 0 bridgehead atoms.